The van der Waals surface area contributed by atoms with Crippen LogP contribution in [0.3, 0.4) is 0 Å². The van der Waals surface area contributed by atoms with Gasteiger partial charge in [0.2, 0.25) is 0 Å². The van der Waals surface area contributed by atoms with Crippen molar-refractivity contribution in [1.82, 2.24) is 15.2 Å². The summed E-state index contributed by atoms with van der Waals surface area (Å²) >= 11 is 0. The van der Waals surface area contributed by atoms with Crippen molar-refractivity contribution in [2.75, 3.05) is 38.5 Å². The average molecular weight is 278 g/mol. The number of hydrogen-bond donors (Lipinski definition) is 2. The summed E-state index contributed by atoms with van der Waals surface area (Å²) in [6.07, 6.45) is 2.94. The number of morpholine rings is 1. The largest absolute Gasteiger partial charge is 0.383 e. The van der Waals surface area contributed by atoms with Crippen LogP contribution in [0.4, 0.5) is 5.82 Å². The minimum atomic E-state index is 0.109. The van der Waals surface area contributed by atoms with E-state index < -0.39 is 0 Å². The number of pyridine rings is 1. The van der Waals surface area contributed by atoms with Crippen LogP contribution in [0.2, 0.25) is 0 Å². The molecule has 0 amide bonds. The molecule has 1 saturated heterocycles. The van der Waals surface area contributed by atoms with Crippen molar-refractivity contribution in [2.45, 2.75) is 32.4 Å². The Hall–Kier alpha value is -1.17. The van der Waals surface area contributed by atoms with Crippen LogP contribution in [0.15, 0.2) is 18.3 Å². The molecule has 1 fully saturated rings. The number of rotatable bonds is 6. The summed E-state index contributed by atoms with van der Waals surface area (Å²) in [5.74, 6) is 0.596. The SMILES string of the molecule is CCCNC(c1cccnc1N)C1CN(CC)CCO1. The number of anilines is 1. The van der Waals surface area contributed by atoms with Crippen molar-refractivity contribution < 1.29 is 4.74 Å². The number of nitrogens with zero attached hydrogens (tertiary/aromatic N) is 2. The van der Waals surface area contributed by atoms with Crippen molar-refractivity contribution in [2.24, 2.45) is 0 Å². The molecule has 2 rings (SSSR count). The highest BCUT2D eigenvalue weighted by Gasteiger charge is 2.29. The Balaban J connectivity index is 2.16. The molecular weight excluding hydrogens is 252 g/mol. The molecule has 1 aromatic heterocycles. The van der Waals surface area contributed by atoms with E-state index in [-0.39, 0.29) is 12.1 Å². The molecule has 2 heterocycles. The van der Waals surface area contributed by atoms with Crippen molar-refractivity contribution >= 4 is 5.82 Å². The van der Waals surface area contributed by atoms with Crippen LogP contribution in [0.5, 0.6) is 0 Å². The van der Waals surface area contributed by atoms with Gasteiger partial charge in [-0.05, 0) is 25.6 Å². The van der Waals surface area contributed by atoms with Crippen LogP contribution in [-0.2, 0) is 4.74 Å². The number of nitrogens with one attached hydrogen (secondary N) is 1. The Kier molecular flexibility index (Phi) is 5.76. The normalized spacial score (nSPS) is 21.8. The van der Waals surface area contributed by atoms with Gasteiger partial charge in [-0.25, -0.2) is 4.98 Å². The lowest BCUT2D eigenvalue weighted by molar-refractivity contribution is -0.0455. The van der Waals surface area contributed by atoms with E-state index in [0.29, 0.717) is 5.82 Å². The minimum Gasteiger partial charge on any atom is -0.383 e. The molecule has 0 aromatic carbocycles. The van der Waals surface area contributed by atoms with Crippen LogP contribution < -0.4 is 11.1 Å². The van der Waals surface area contributed by atoms with Gasteiger partial charge in [0.25, 0.3) is 0 Å². The summed E-state index contributed by atoms with van der Waals surface area (Å²) in [6, 6.07) is 4.09. The van der Waals surface area contributed by atoms with Gasteiger partial charge in [0.05, 0.1) is 18.8 Å². The summed E-state index contributed by atoms with van der Waals surface area (Å²) in [4.78, 5) is 6.63. The molecule has 1 aromatic rings. The zero-order valence-corrected chi connectivity index (χ0v) is 12.5. The van der Waals surface area contributed by atoms with E-state index in [1.807, 2.05) is 12.1 Å². The maximum atomic E-state index is 6.05. The molecule has 1 aliphatic heterocycles. The topological polar surface area (TPSA) is 63.4 Å². The number of hydrogen-bond acceptors (Lipinski definition) is 5. The number of nitrogens with two attached hydrogens (primary N) is 1. The van der Waals surface area contributed by atoms with Crippen molar-refractivity contribution in [1.29, 1.82) is 0 Å². The molecule has 2 atom stereocenters. The lowest BCUT2D eigenvalue weighted by Crippen LogP contribution is -2.48. The number of aromatic nitrogens is 1. The molecule has 112 valence electrons. The first-order valence-corrected chi connectivity index (χ1v) is 7.54. The molecule has 1 aliphatic rings. The highest BCUT2D eigenvalue weighted by molar-refractivity contribution is 5.41. The first-order valence-electron chi connectivity index (χ1n) is 7.54. The summed E-state index contributed by atoms with van der Waals surface area (Å²) in [7, 11) is 0. The molecule has 0 bridgehead atoms. The predicted molar refractivity (Wildman–Crippen MR) is 81.5 cm³/mol. The third-order valence-electron chi connectivity index (χ3n) is 3.82. The highest BCUT2D eigenvalue weighted by atomic mass is 16.5. The molecule has 2 unspecified atom stereocenters. The van der Waals surface area contributed by atoms with Gasteiger partial charge in [0, 0.05) is 24.8 Å². The van der Waals surface area contributed by atoms with E-state index in [4.69, 9.17) is 10.5 Å². The second kappa shape index (κ2) is 7.57. The lowest BCUT2D eigenvalue weighted by atomic mass is 10.00. The summed E-state index contributed by atoms with van der Waals surface area (Å²) in [6.45, 7) is 9.09. The van der Waals surface area contributed by atoms with Gasteiger partial charge in [-0.2, -0.15) is 0 Å². The third kappa shape index (κ3) is 3.69. The lowest BCUT2D eigenvalue weighted by Gasteiger charge is -2.37. The van der Waals surface area contributed by atoms with Crippen LogP contribution >= 0.6 is 0 Å². The van der Waals surface area contributed by atoms with Gasteiger partial charge in [0.15, 0.2) is 0 Å². The summed E-state index contributed by atoms with van der Waals surface area (Å²) in [5.41, 5.74) is 7.09. The molecule has 20 heavy (non-hydrogen) atoms. The van der Waals surface area contributed by atoms with Gasteiger partial charge in [-0.1, -0.05) is 19.9 Å². The maximum Gasteiger partial charge on any atom is 0.128 e. The quantitative estimate of drug-likeness (QED) is 0.824. The first-order chi connectivity index (χ1) is 9.76. The van der Waals surface area contributed by atoms with Gasteiger partial charge in [-0.15, -0.1) is 0 Å². The predicted octanol–water partition coefficient (Wildman–Crippen LogP) is 1.43. The van der Waals surface area contributed by atoms with Gasteiger partial charge in [-0.3, -0.25) is 4.90 Å². The molecule has 5 nitrogen and oxygen atoms in total. The first kappa shape index (κ1) is 15.2. The van der Waals surface area contributed by atoms with Gasteiger partial charge in [0.1, 0.15) is 5.82 Å². The maximum absolute atomic E-state index is 6.05. The monoisotopic (exact) mass is 278 g/mol. The van der Waals surface area contributed by atoms with E-state index in [1.54, 1.807) is 6.20 Å². The highest BCUT2D eigenvalue weighted by Crippen LogP contribution is 2.25. The Morgan fingerprint density at radius 3 is 3.10 bits per heavy atom. The second-order valence-corrected chi connectivity index (χ2v) is 5.21. The molecule has 5 heteroatoms. The number of likely N-dealkylation sites (N-methyl/N-ethyl adjacent to an activating group) is 1. The zero-order valence-electron chi connectivity index (χ0n) is 12.5. The van der Waals surface area contributed by atoms with Crippen LogP contribution in [0.1, 0.15) is 31.9 Å². The van der Waals surface area contributed by atoms with E-state index in [1.165, 1.54) is 0 Å². The molecule has 0 saturated carbocycles. The van der Waals surface area contributed by atoms with Crippen molar-refractivity contribution in [3.63, 3.8) is 0 Å². The van der Waals surface area contributed by atoms with Crippen molar-refractivity contribution in [3.05, 3.63) is 23.9 Å². The fourth-order valence-electron chi connectivity index (χ4n) is 2.65. The minimum absolute atomic E-state index is 0.109. The van der Waals surface area contributed by atoms with E-state index in [2.05, 4.69) is 29.0 Å². The van der Waals surface area contributed by atoms with Crippen LogP contribution in [0, 0.1) is 0 Å². The molecule has 3 N–H and O–H groups in total. The fourth-order valence-corrected chi connectivity index (χ4v) is 2.65. The van der Waals surface area contributed by atoms with Crippen molar-refractivity contribution in [3.8, 4) is 0 Å². The summed E-state index contributed by atoms with van der Waals surface area (Å²) in [5, 5.41) is 3.57. The van der Waals surface area contributed by atoms with E-state index in [0.717, 1.165) is 44.8 Å². The van der Waals surface area contributed by atoms with E-state index in [9.17, 15) is 0 Å². The molecular formula is C15H26N4O. The number of nitrogen functional groups attached to an aromatic ring is 1. The van der Waals surface area contributed by atoms with Crippen LogP contribution in [0.25, 0.3) is 0 Å². The fraction of sp³-hybridized carbons (Fsp3) is 0.667. The van der Waals surface area contributed by atoms with Crippen LogP contribution in [-0.4, -0.2) is 48.8 Å². The zero-order chi connectivity index (χ0) is 14.4. The Morgan fingerprint density at radius 1 is 1.55 bits per heavy atom. The molecule has 0 radical (unpaired) electrons. The smallest absolute Gasteiger partial charge is 0.128 e. The number of ether oxygens (including phenoxy) is 1. The standard InChI is InChI=1S/C15H26N4O/c1-3-7-17-14(12-6-5-8-18-15(12)16)13-11-19(4-2)9-10-20-13/h5-6,8,13-14,17H,3-4,7,9-11H2,1-2H3,(H2,16,18). The van der Waals surface area contributed by atoms with E-state index >= 15 is 0 Å². The third-order valence-corrected chi connectivity index (χ3v) is 3.82. The Bertz CT molecular complexity index is 413. The van der Waals surface area contributed by atoms with Gasteiger partial charge >= 0.3 is 0 Å². The Labute approximate surface area is 121 Å². The summed E-state index contributed by atoms with van der Waals surface area (Å²) < 4.78 is 5.99. The average Bonchev–Trinajstić information content (AvgIpc) is 2.49. The molecule has 0 aliphatic carbocycles. The second-order valence-electron chi connectivity index (χ2n) is 5.21. The van der Waals surface area contributed by atoms with Gasteiger partial charge < -0.3 is 15.8 Å². The Morgan fingerprint density at radius 2 is 2.40 bits per heavy atom. The molecule has 0 spiro atoms.